The molecule has 0 saturated heterocycles. The van der Waals surface area contributed by atoms with Crippen molar-refractivity contribution in [2.24, 2.45) is 0 Å². The first-order valence-corrected chi connectivity index (χ1v) is 12.0. The van der Waals surface area contributed by atoms with Crippen molar-refractivity contribution in [1.29, 1.82) is 0 Å². The summed E-state index contributed by atoms with van der Waals surface area (Å²) in [4.78, 5) is 4.13. The third kappa shape index (κ3) is 4.11. The second-order valence-corrected chi connectivity index (χ2v) is 10.2. The maximum atomic E-state index is 13.4. The van der Waals surface area contributed by atoms with Crippen molar-refractivity contribution < 1.29 is 8.42 Å². The van der Waals surface area contributed by atoms with Crippen LogP contribution in [0.1, 0.15) is 16.7 Å². The largest absolute Gasteiger partial charge is 0.355 e. The number of pyridine rings is 1. The highest BCUT2D eigenvalue weighted by Gasteiger charge is 2.21. The lowest BCUT2D eigenvalue weighted by molar-refractivity contribution is 0.588. The van der Waals surface area contributed by atoms with E-state index in [4.69, 9.17) is 0 Å². The second kappa shape index (κ2) is 8.45. The number of aryl methyl sites for hydroxylation is 2. The van der Waals surface area contributed by atoms with Crippen LogP contribution in [0.4, 0.5) is 11.4 Å². The van der Waals surface area contributed by atoms with E-state index < -0.39 is 10.0 Å². The summed E-state index contributed by atoms with van der Waals surface area (Å²) in [5.74, 6) is 0. The third-order valence-electron chi connectivity index (χ3n) is 5.18. The van der Waals surface area contributed by atoms with Crippen molar-refractivity contribution in [3.63, 3.8) is 0 Å². The molecule has 2 aromatic carbocycles. The molecule has 0 bridgehead atoms. The maximum absolute atomic E-state index is 13.4. The third-order valence-corrected chi connectivity index (χ3v) is 7.29. The molecule has 0 unspecified atom stereocenters. The van der Waals surface area contributed by atoms with Gasteiger partial charge in [-0.3, -0.25) is 4.98 Å². The molecule has 2 heterocycles. The lowest BCUT2D eigenvalue weighted by atomic mass is 10.1. The van der Waals surface area contributed by atoms with E-state index in [9.17, 15) is 8.42 Å². The molecule has 160 valence electrons. The van der Waals surface area contributed by atoms with Gasteiger partial charge in [0.25, 0.3) is 10.0 Å². The van der Waals surface area contributed by atoms with Gasteiger partial charge in [0.2, 0.25) is 0 Å². The Labute approximate surface area is 190 Å². The summed E-state index contributed by atoms with van der Waals surface area (Å²) in [6.07, 6.45) is 4.61. The molecular weight excluding hydrogens is 476 g/mol. The highest BCUT2D eigenvalue weighted by atomic mass is 79.9. The molecule has 0 aliphatic carbocycles. The van der Waals surface area contributed by atoms with Gasteiger partial charge in [-0.15, -0.1) is 0 Å². The van der Waals surface area contributed by atoms with Crippen LogP contribution in [0.15, 0.2) is 70.4 Å². The van der Waals surface area contributed by atoms with Crippen LogP contribution in [-0.4, -0.2) is 24.4 Å². The van der Waals surface area contributed by atoms with Gasteiger partial charge in [0.1, 0.15) is 4.90 Å². The second-order valence-electron chi connectivity index (χ2n) is 7.45. The molecule has 31 heavy (non-hydrogen) atoms. The summed E-state index contributed by atoms with van der Waals surface area (Å²) in [6, 6.07) is 13.1. The Hall–Kier alpha value is -2.68. The Morgan fingerprint density at radius 1 is 1.10 bits per heavy atom. The van der Waals surface area contributed by atoms with Gasteiger partial charge in [0.15, 0.2) is 0 Å². The van der Waals surface area contributed by atoms with Crippen molar-refractivity contribution >= 4 is 48.2 Å². The van der Waals surface area contributed by atoms with Crippen molar-refractivity contribution in [2.75, 3.05) is 12.4 Å². The fraction of sp³-hybridized carbons (Fsp3) is 0.174. The van der Waals surface area contributed by atoms with Crippen molar-refractivity contribution in [2.45, 2.75) is 25.3 Å². The summed E-state index contributed by atoms with van der Waals surface area (Å²) >= 11 is 3.53. The summed E-state index contributed by atoms with van der Waals surface area (Å²) in [6.45, 7) is 4.64. The minimum atomic E-state index is -3.78. The molecule has 0 saturated carbocycles. The van der Waals surface area contributed by atoms with Crippen LogP contribution < -0.4 is 10.6 Å². The van der Waals surface area contributed by atoms with E-state index in [-0.39, 0.29) is 4.90 Å². The van der Waals surface area contributed by atoms with Gasteiger partial charge in [0.05, 0.1) is 5.52 Å². The Kier molecular flexibility index (Phi) is 5.88. The van der Waals surface area contributed by atoms with E-state index >= 15 is 0 Å². The van der Waals surface area contributed by atoms with Crippen LogP contribution >= 0.6 is 15.9 Å². The maximum Gasteiger partial charge on any atom is 0.269 e. The van der Waals surface area contributed by atoms with Crippen LogP contribution in [0.3, 0.4) is 0 Å². The zero-order valence-electron chi connectivity index (χ0n) is 17.5. The topological polar surface area (TPSA) is 76.0 Å². The molecule has 0 atom stereocenters. The van der Waals surface area contributed by atoms with E-state index in [0.29, 0.717) is 12.1 Å². The number of aromatic nitrogens is 2. The predicted octanol–water partition coefficient (Wildman–Crippen LogP) is 5.12. The molecular formula is C23H23BrN4O2S. The molecule has 2 N–H and O–H groups in total. The summed E-state index contributed by atoms with van der Waals surface area (Å²) in [5.41, 5.74) is 5.55. The Balaban J connectivity index is 1.86. The Bertz CT molecular complexity index is 1340. The van der Waals surface area contributed by atoms with E-state index in [1.54, 1.807) is 24.5 Å². The first-order chi connectivity index (χ1) is 14.8. The average molecular weight is 499 g/mol. The fourth-order valence-electron chi connectivity index (χ4n) is 3.74. The van der Waals surface area contributed by atoms with Gasteiger partial charge < -0.3 is 10.6 Å². The number of fused-ring (bicyclic) bond motifs is 1. The number of hydrogen-bond donors (Lipinski definition) is 2. The van der Waals surface area contributed by atoms with Crippen LogP contribution in [0, 0.1) is 13.8 Å². The summed E-state index contributed by atoms with van der Waals surface area (Å²) in [7, 11) is -1.94. The number of rotatable bonds is 6. The van der Waals surface area contributed by atoms with Gasteiger partial charge in [-0.2, -0.15) is 0 Å². The zero-order chi connectivity index (χ0) is 22.2. The number of nitrogens with one attached hydrogen (secondary N) is 2. The molecule has 2 aromatic heterocycles. The highest BCUT2D eigenvalue weighted by Crippen LogP contribution is 2.32. The predicted molar refractivity (Wildman–Crippen MR) is 128 cm³/mol. The quantitative estimate of drug-likeness (QED) is 0.386. The average Bonchev–Trinajstić information content (AvgIpc) is 3.10. The van der Waals surface area contributed by atoms with Crippen LogP contribution in [-0.2, 0) is 16.6 Å². The summed E-state index contributed by atoms with van der Waals surface area (Å²) in [5, 5.41) is 7.46. The first-order valence-electron chi connectivity index (χ1n) is 9.79. The van der Waals surface area contributed by atoms with E-state index in [0.717, 1.165) is 37.9 Å². The van der Waals surface area contributed by atoms with E-state index in [1.807, 2.05) is 39.1 Å². The number of nitrogens with zero attached hydrogens (tertiary/aromatic N) is 2. The number of benzene rings is 2. The molecule has 4 rings (SSSR count). The lowest BCUT2D eigenvalue weighted by Crippen LogP contribution is -2.12. The summed E-state index contributed by atoms with van der Waals surface area (Å²) < 4.78 is 29.1. The van der Waals surface area contributed by atoms with E-state index in [1.165, 1.54) is 10.2 Å². The zero-order valence-corrected chi connectivity index (χ0v) is 19.9. The number of halogens is 1. The molecule has 0 fully saturated rings. The van der Waals surface area contributed by atoms with Gasteiger partial charge in [-0.1, -0.05) is 22.0 Å². The Morgan fingerprint density at radius 3 is 2.48 bits per heavy atom. The normalized spacial score (nSPS) is 11.7. The van der Waals surface area contributed by atoms with Crippen LogP contribution in [0.5, 0.6) is 0 Å². The van der Waals surface area contributed by atoms with Crippen LogP contribution in [0.2, 0.25) is 0 Å². The molecule has 0 amide bonds. The van der Waals surface area contributed by atoms with Gasteiger partial charge in [-0.25, -0.2) is 12.4 Å². The first kappa shape index (κ1) is 21.5. The van der Waals surface area contributed by atoms with E-state index in [2.05, 4.69) is 43.7 Å². The van der Waals surface area contributed by atoms with Gasteiger partial charge >= 0.3 is 0 Å². The fourth-order valence-corrected chi connectivity index (χ4v) is 5.77. The minimum Gasteiger partial charge on any atom is -0.355 e. The minimum absolute atomic E-state index is 0.154. The van der Waals surface area contributed by atoms with Crippen LogP contribution in [0.25, 0.3) is 10.9 Å². The Morgan fingerprint density at radius 2 is 1.84 bits per heavy atom. The molecule has 8 heteroatoms. The molecule has 0 spiro atoms. The van der Waals surface area contributed by atoms with Crippen molar-refractivity contribution in [3.8, 4) is 0 Å². The smallest absolute Gasteiger partial charge is 0.269 e. The molecule has 0 aliphatic rings. The highest BCUT2D eigenvalue weighted by molar-refractivity contribution is 9.10. The number of anilines is 2. The SMILES string of the molecule is CNCc1cn(S(=O)(=O)c2cccnc2)c2cc(Nc3c(C)cc(Br)cc3C)ccc12. The molecule has 0 aliphatic heterocycles. The standard InChI is InChI=1S/C23H23BrN4O2S/c1-15-9-18(24)10-16(2)23(15)27-19-6-7-21-17(12-25-3)14-28(22(21)11-19)31(29,30)20-5-4-8-26-13-20/h4-11,13-14,25,27H,12H2,1-3H3. The van der Waals surface area contributed by atoms with Gasteiger partial charge in [-0.05, 0) is 74.0 Å². The molecule has 6 nitrogen and oxygen atoms in total. The lowest BCUT2D eigenvalue weighted by Gasteiger charge is -2.14. The molecule has 0 radical (unpaired) electrons. The van der Waals surface area contributed by atoms with Crippen molar-refractivity contribution in [1.82, 2.24) is 14.3 Å². The van der Waals surface area contributed by atoms with Gasteiger partial charge in [0, 0.05) is 46.4 Å². The van der Waals surface area contributed by atoms with Crippen molar-refractivity contribution in [3.05, 3.63) is 82.2 Å². The molecule has 4 aromatic rings. The monoisotopic (exact) mass is 498 g/mol. The number of hydrogen-bond acceptors (Lipinski definition) is 5.